The van der Waals surface area contributed by atoms with E-state index in [2.05, 4.69) is 51.5 Å². The number of carbonyl (C=O) groups excluding carboxylic acids is 1. The quantitative estimate of drug-likeness (QED) is 0.921. The Bertz CT molecular complexity index is 515. The van der Waals surface area contributed by atoms with Crippen LogP contribution < -0.4 is 5.32 Å². The Morgan fingerprint density at radius 2 is 1.96 bits per heavy atom. The molecule has 23 heavy (non-hydrogen) atoms. The van der Waals surface area contributed by atoms with Crippen molar-refractivity contribution in [2.45, 2.75) is 12.8 Å². The number of hydrogen-bond acceptors (Lipinski definition) is 3. The largest absolute Gasteiger partial charge is 0.340 e. The van der Waals surface area contributed by atoms with Gasteiger partial charge in [-0.1, -0.05) is 42.5 Å². The van der Waals surface area contributed by atoms with Gasteiger partial charge in [0.15, 0.2) is 0 Å². The van der Waals surface area contributed by atoms with E-state index in [1.807, 2.05) is 6.07 Å². The molecule has 1 N–H and O–H groups in total. The molecule has 1 amide bonds. The van der Waals surface area contributed by atoms with Crippen molar-refractivity contribution < 1.29 is 4.79 Å². The lowest BCUT2D eigenvalue weighted by atomic mass is 9.98. The summed E-state index contributed by atoms with van der Waals surface area (Å²) in [6, 6.07) is 10.4. The van der Waals surface area contributed by atoms with Crippen LogP contribution in [0.25, 0.3) is 6.08 Å². The first-order valence-corrected chi connectivity index (χ1v) is 8.76. The molecule has 0 aliphatic carbocycles. The lowest BCUT2D eigenvalue weighted by Crippen LogP contribution is -2.52. The number of benzene rings is 1. The van der Waals surface area contributed by atoms with E-state index in [0.29, 0.717) is 5.91 Å². The van der Waals surface area contributed by atoms with Crippen molar-refractivity contribution >= 4 is 12.0 Å². The topological polar surface area (TPSA) is 35.6 Å². The fourth-order valence-electron chi connectivity index (χ4n) is 3.37. The van der Waals surface area contributed by atoms with E-state index in [0.717, 1.165) is 58.7 Å². The van der Waals surface area contributed by atoms with Crippen molar-refractivity contribution in [2.75, 3.05) is 45.8 Å². The predicted octanol–water partition coefficient (Wildman–Crippen LogP) is 1.84. The van der Waals surface area contributed by atoms with E-state index < -0.39 is 0 Å². The van der Waals surface area contributed by atoms with Crippen LogP contribution in [0.1, 0.15) is 18.4 Å². The zero-order valence-electron chi connectivity index (χ0n) is 13.8. The molecule has 0 aromatic heterocycles. The van der Waals surface area contributed by atoms with Gasteiger partial charge in [-0.05, 0) is 24.9 Å². The number of rotatable bonds is 4. The summed E-state index contributed by atoms with van der Waals surface area (Å²) in [6.07, 6.45) is 6.57. The van der Waals surface area contributed by atoms with Gasteiger partial charge >= 0.3 is 0 Å². The minimum absolute atomic E-state index is 0.202. The smallest absolute Gasteiger partial charge is 0.227 e. The Labute approximate surface area is 139 Å². The molecule has 0 saturated carbocycles. The summed E-state index contributed by atoms with van der Waals surface area (Å²) in [5.41, 5.74) is 1.24. The van der Waals surface area contributed by atoms with Gasteiger partial charge in [-0.3, -0.25) is 9.69 Å². The number of nitrogens with one attached hydrogen (secondary N) is 1. The molecule has 2 saturated heterocycles. The van der Waals surface area contributed by atoms with Crippen LogP contribution >= 0.6 is 0 Å². The van der Waals surface area contributed by atoms with Gasteiger partial charge in [-0.15, -0.1) is 0 Å². The minimum Gasteiger partial charge on any atom is -0.340 e. The molecule has 0 spiro atoms. The molecule has 2 aliphatic rings. The second-order valence-electron chi connectivity index (χ2n) is 6.48. The highest BCUT2D eigenvalue weighted by Gasteiger charge is 2.27. The Hall–Kier alpha value is -1.65. The third-order valence-electron chi connectivity index (χ3n) is 4.80. The molecule has 3 rings (SSSR count). The zero-order valence-corrected chi connectivity index (χ0v) is 13.8. The summed E-state index contributed by atoms with van der Waals surface area (Å²) in [4.78, 5) is 17.0. The van der Waals surface area contributed by atoms with Crippen LogP contribution in [0.4, 0.5) is 0 Å². The Morgan fingerprint density at radius 3 is 2.65 bits per heavy atom. The van der Waals surface area contributed by atoms with E-state index in [9.17, 15) is 4.79 Å². The van der Waals surface area contributed by atoms with Gasteiger partial charge in [0, 0.05) is 39.3 Å². The molecular formula is C19H27N3O. The summed E-state index contributed by atoms with van der Waals surface area (Å²) in [5, 5.41) is 3.34. The van der Waals surface area contributed by atoms with Crippen LogP contribution in [0.5, 0.6) is 0 Å². The van der Waals surface area contributed by atoms with Crippen molar-refractivity contribution in [3.63, 3.8) is 0 Å². The zero-order chi connectivity index (χ0) is 15.9. The molecule has 1 atom stereocenters. The average Bonchev–Trinajstić information content (AvgIpc) is 2.63. The highest BCUT2D eigenvalue weighted by molar-refractivity contribution is 5.79. The number of nitrogens with zero attached hydrogens (tertiary/aromatic N) is 2. The molecule has 0 bridgehead atoms. The lowest BCUT2D eigenvalue weighted by molar-refractivity contribution is -0.137. The number of amides is 1. The monoisotopic (exact) mass is 313 g/mol. The third-order valence-corrected chi connectivity index (χ3v) is 4.80. The van der Waals surface area contributed by atoms with Crippen LogP contribution in [0.3, 0.4) is 0 Å². The van der Waals surface area contributed by atoms with Gasteiger partial charge in [0.05, 0.1) is 5.92 Å². The first-order chi connectivity index (χ1) is 11.3. The highest BCUT2D eigenvalue weighted by Crippen LogP contribution is 2.15. The molecule has 2 fully saturated rings. The molecule has 2 heterocycles. The van der Waals surface area contributed by atoms with Crippen LogP contribution in [0.15, 0.2) is 36.4 Å². The molecule has 4 heteroatoms. The summed E-state index contributed by atoms with van der Waals surface area (Å²) in [7, 11) is 0. The van der Waals surface area contributed by atoms with Crippen LogP contribution in [-0.4, -0.2) is 61.5 Å². The molecule has 124 valence electrons. The first-order valence-electron chi connectivity index (χ1n) is 8.76. The Kier molecular flexibility index (Phi) is 5.83. The molecule has 1 unspecified atom stereocenters. The van der Waals surface area contributed by atoms with E-state index in [1.165, 1.54) is 5.56 Å². The maximum atomic E-state index is 12.5. The van der Waals surface area contributed by atoms with Gasteiger partial charge in [0.25, 0.3) is 0 Å². The van der Waals surface area contributed by atoms with Gasteiger partial charge in [-0.25, -0.2) is 0 Å². The van der Waals surface area contributed by atoms with Crippen LogP contribution in [-0.2, 0) is 4.79 Å². The average molecular weight is 313 g/mol. The van der Waals surface area contributed by atoms with E-state index in [-0.39, 0.29) is 5.92 Å². The highest BCUT2D eigenvalue weighted by atomic mass is 16.2. The number of carbonyl (C=O) groups is 1. The number of piperidine rings is 1. The summed E-state index contributed by atoms with van der Waals surface area (Å²) in [6.45, 7) is 6.57. The second-order valence-corrected chi connectivity index (χ2v) is 6.48. The molecule has 1 aromatic rings. The Morgan fingerprint density at radius 1 is 1.17 bits per heavy atom. The van der Waals surface area contributed by atoms with E-state index in [1.54, 1.807) is 0 Å². The minimum atomic E-state index is 0.202. The van der Waals surface area contributed by atoms with E-state index >= 15 is 0 Å². The predicted molar refractivity (Wildman–Crippen MR) is 94.1 cm³/mol. The van der Waals surface area contributed by atoms with Crippen molar-refractivity contribution in [3.8, 4) is 0 Å². The van der Waals surface area contributed by atoms with Gasteiger partial charge in [0.2, 0.25) is 5.91 Å². The fourth-order valence-corrected chi connectivity index (χ4v) is 3.37. The van der Waals surface area contributed by atoms with Crippen molar-refractivity contribution in [1.82, 2.24) is 15.1 Å². The van der Waals surface area contributed by atoms with Gasteiger partial charge in [0.1, 0.15) is 0 Å². The van der Waals surface area contributed by atoms with Gasteiger partial charge < -0.3 is 10.2 Å². The van der Waals surface area contributed by atoms with Crippen LogP contribution in [0.2, 0.25) is 0 Å². The SMILES string of the molecule is O=C(C1CCCNC1)N1CCN(CC=Cc2ccccc2)CC1. The first kappa shape index (κ1) is 16.2. The van der Waals surface area contributed by atoms with Crippen molar-refractivity contribution in [3.05, 3.63) is 42.0 Å². The third kappa shape index (κ3) is 4.66. The summed E-state index contributed by atoms with van der Waals surface area (Å²) >= 11 is 0. The summed E-state index contributed by atoms with van der Waals surface area (Å²) in [5.74, 6) is 0.560. The Balaban J connectivity index is 1.41. The fraction of sp³-hybridized carbons (Fsp3) is 0.526. The molecular weight excluding hydrogens is 286 g/mol. The van der Waals surface area contributed by atoms with Crippen molar-refractivity contribution in [2.24, 2.45) is 5.92 Å². The number of hydrogen-bond donors (Lipinski definition) is 1. The van der Waals surface area contributed by atoms with Gasteiger partial charge in [-0.2, -0.15) is 0 Å². The molecule has 1 aromatic carbocycles. The molecule has 4 nitrogen and oxygen atoms in total. The lowest BCUT2D eigenvalue weighted by Gasteiger charge is -2.36. The maximum absolute atomic E-state index is 12.5. The maximum Gasteiger partial charge on any atom is 0.227 e. The normalized spacial score (nSPS) is 23.3. The molecule has 2 aliphatic heterocycles. The van der Waals surface area contributed by atoms with Crippen molar-refractivity contribution in [1.29, 1.82) is 0 Å². The summed E-state index contributed by atoms with van der Waals surface area (Å²) < 4.78 is 0. The second kappa shape index (κ2) is 8.27. The standard InChI is InChI=1S/C19H27N3O/c23-19(18-9-4-10-20-16-18)22-14-12-21(13-15-22)11-5-8-17-6-2-1-3-7-17/h1-3,5-8,18,20H,4,9-16H2. The van der Waals surface area contributed by atoms with Crippen LogP contribution in [0, 0.1) is 5.92 Å². The number of piperazine rings is 1. The molecule has 0 radical (unpaired) electrons. The van der Waals surface area contributed by atoms with E-state index in [4.69, 9.17) is 0 Å².